The van der Waals surface area contributed by atoms with Crippen molar-refractivity contribution in [2.24, 2.45) is 14.1 Å². The average molecular weight is 467 g/mol. The molecule has 1 aliphatic heterocycles. The molecule has 0 N–H and O–H groups in total. The van der Waals surface area contributed by atoms with Gasteiger partial charge in [0.2, 0.25) is 5.91 Å². The highest BCUT2D eigenvalue weighted by molar-refractivity contribution is 7.18. The number of amides is 1. The molecule has 1 fully saturated rings. The van der Waals surface area contributed by atoms with Crippen LogP contribution in [0.15, 0.2) is 40.2 Å². The van der Waals surface area contributed by atoms with E-state index in [1.165, 1.54) is 11.6 Å². The molecule has 1 amide bonds. The third kappa shape index (κ3) is 3.78. The maximum atomic E-state index is 13.2. The Balaban J connectivity index is 1.31. The molecular weight excluding hydrogens is 440 g/mol. The van der Waals surface area contributed by atoms with Gasteiger partial charge in [-0.2, -0.15) is 0 Å². The second-order valence-electron chi connectivity index (χ2n) is 8.54. The normalized spacial score (nSPS) is 16.7. The number of imidazole rings is 1. The third-order valence-electron chi connectivity index (χ3n) is 6.43. The van der Waals surface area contributed by atoms with Gasteiger partial charge >= 0.3 is 5.69 Å². The van der Waals surface area contributed by atoms with Crippen molar-refractivity contribution >= 4 is 38.6 Å². The van der Waals surface area contributed by atoms with Gasteiger partial charge in [0.1, 0.15) is 5.01 Å². The number of piperidine rings is 1. The average Bonchev–Trinajstić information content (AvgIpc) is 3.46. The zero-order valence-electron chi connectivity index (χ0n) is 18.7. The van der Waals surface area contributed by atoms with Gasteiger partial charge in [-0.25, -0.2) is 14.8 Å². The van der Waals surface area contributed by atoms with Gasteiger partial charge in [-0.1, -0.05) is 12.1 Å². The van der Waals surface area contributed by atoms with E-state index in [0.29, 0.717) is 30.6 Å². The molecular formula is C23H26N6O3S. The van der Waals surface area contributed by atoms with E-state index in [9.17, 15) is 14.4 Å². The van der Waals surface area contributed by atoms with Crippen molar-refractivity contribution in [1.82, 2.24) is 28.6 Å². The Morgan fingerprint density at radius 1 is 1.15 bits per heavy atom. The summed E-state index contributed by atoms with van der Waals surface area (Å²) in [6, 6.07) is 8.11. The van der Waals surface area contributed by atoms with Gasteiger partial charge in [0.25, 0.3) is 5.56 Å². The Labute approximate surface area is 193 Å². The fourth-order valence-corrected chi connectivity index (χ4v) is 5.75. The van der Waals surface area contributed by atoms with Gasteiger partial charge in [-0.3, -0.25) is 18.7 Å². The Bertz CT molecular complexity index is 1430. The minimum atomic E-state index is -0.404. The highest BCUT2D eigenvalue weighted by Gasteiger charge is 2.30. The Morgan fingerprint density at radius 2 is 1.97 bits per heavy atom. The molecule has 0 bridgehead atoms. The van der Waals surface area contributed by atoms with Gasteiger partial charge < -0.3 is 9.47 Å². The summed E-state index contributed by atoms with van der Waals surface area (Å²) in [4.78, 5) is 48.9. The monoisotopic (exact) mass is 466 g/mol. The van der Waals surface area contributed by atoms with Crippen LogP contribution in [-0.4, -0.2) is 41.0 Å². The number of fused-ring (bicyclic) bond motifs is 2. The van der Waals surface area contributed by atoms with Crippen LogP contribution >= 0.6 is 11.3 Å². The van der Waals surface area contributed by atoms with Crippen molar-refractivity contribution < 1.29 is 4.79 Å². The van der Waals surface area contributed by atoms with E-state index in [2.05, 4.69) is 11.1 Å². The Kier molecular flexibility index (Phi) is 5.61. The van der Waals surface area contributed by atoms with E-state index in [1.54, 1.807) is 29.3 Å². The summed E-state index contributed by atoms with van der Waals surface area (Å²) >= 11 is 1.67. The molecule has 1 atom stereocenters. The number of thiazole rings is 1. The summed E-state index contributed by atoms with van der Waals surface area (Å²) in [5.74, 6) is 0.115. The summed E-state index contributed by atoms with van der Waals surface area (Å²) in [6.07, 6.45) is 5.56. The number of hydrogen-bond acceptors (Lipinski definition) is 6. The first-order chi connectivity index (χ1) is 16.0. The van der Waals surface area contributed by atoms with Crippen LogP contribution < -0.4 is 11.2 Å². The highest BCUT2D eigenvalue weighted by atomic mass is 32.1. The quantitative estimate of drug-likeness (QED) is 0.451. The largest absolute Gasteiger partial charge is 0.333 e. The molecule has 0 unspecified atom stereocenters. The highest BCUT2D eigenvalue weighted by Crippen LogP contribution is 2.36. The van der Waals surface area contributed by atoms with Crippen molar-refractivity contribution in [1.29, 1.82) is 0 Å². The zero-order chi connectivity index (χ0) is 23.1. The molecule has 0 radical (unpaired) electrons. The number of aryl methyl sites for hydroxylation is 2. The lowest BCUT2D eigenvalue weighted by molar-refractivity contribution is -0.135. The van der Waals surface area contributed by atoms with Gasteiger partial charge in [-0.05, 0) is 37.8 Å². The fraction of sp³-hybridized carbons (Fsp3) is 0.435. The molecule has 1 aliphatic rings. The minimum Gasteiger partial charge on any atom is -0.333 e. The van der Waals surface area contributed by atoms with Crippen molar-refractivity contribution in [3.63, 3.8) is 0 Å². The lowest BCUT2D eigenvalue weighted by atomic mass is 10.0. The van der Waals surface area contributed by atoms with Crippen LogP contribution in [0.5, 0.6) is 0 Å². The van der Waals surface area contributed by atoms with Gasteiger partial charge in [0.05, 0.1) is 22.6 Å². The molecule has 0 aliphatic carbocycles. The molecule has 4 heterocycles. The molecule has 0 spiro atoms. The SMILES string of the molecule is Cn1c(=O)c2c(ncn2CCCC(=O)N2CCCC[C@H]2c2nc3ccccc3s2)n(C)c1=O. The van der Waals surface area contributed by atoms with Crippen molar-refractivity contribution in [2.45, 2.75) is 44.7 Å². The van der Waals surface area contributed by atoms with Crippen LogP contribution in [0.4, 0.5) is 0 Å². The van der Waals surface area contributed by atoms with E-state index in [0.717, 1.165) is 45.6 Å². The number of rotatable bonds is 5. The summed E-state index contributed by atoms with van der Waals surface area (Å²) in [5.41, 5.74) is 0.958. The minimum absolute atomic E-state index is 0.0274. The van der Waals surface area contributed by atoms with Crippen molar-refractivity contribution in [3.8, 4) is 0 Å². The van der Waals surface area contributed by atoms with Crippen LogP contribution in [0.3, 0.4) is 0 Å². The van der Waals surface area contributed by atoms with Crippen LogP contribution in [0.1, 0.15) is 43.2 Å². The standard InChI is InChI=1S/C23H26N6O3S/c1-26-20-19(22(31)27(2)23(26)32)28(14-24-20)12-7-11-18(30)29-13-6-5-9-16(29)21-25-15-8-3-4-10-17(15)33-21/h3-4,8,10,14,16H,5-7,9,11-13H2,1-2H3/t16-/m0/s1. The van der Waals surface area contributed by atoms with E-state index in [-0.39, 0.29) is 17.5 Å². The lowest BCUT2D eigenvalue weighted by Crippen LogP contribution is -2.38. The van der Waals surface area contributed by atoms with Crippen molar-refractivity contribution in [3.05, 3.63) is 56.4 Å². The lowest BCUT2D eigenvalue weighted by Gasteiger charge is -2.34. The molecule has 5 rings (SSSR count). The molecule has 33 heavy (non-hydrogen) atoms. The smallest absolute Gasteiger partial charge is 0.332 e. The third-order valence-corrected chi connectivity index (χ3v) is 7.56. The summed E-state index contributed by atoms with van der Waals surface area (Å²) in [7, 11) is 3.06. The number of aromatic nitrogens is 5. The van der Waals surface area contributed by atoms with Gasteiger partial charge in [0.15, 0.2) is 11.2 Å². The first-order valence-electron chi connectivity index (χ1n) is 11.2. The molecule has 10 heteroatoms. The van der Waals surface area contributed by atoms with E-state index in [4.69, 9.17) is 4.98 Å². The van der Waals surface area contributed by atoms with Crippen LogP contribution in [-0.2, 0) is 25.4 Å². The molecule has 9 nitrogen and oxygen atoms in total. The molecule has 3 aromatic heterocycles. The zero-order valence-corrected chi connectivity index (χ0v) is 19.5. The summed E-state index contributed by atoms with van der Waals surface area (Å²) in [5, 5.41) is 1.01. The molecule has 0 saturated carbocycles. The number of likely N-dealkylation sites (tertiary alicyclic amines) is 1. The van der Waals surface area contributed by atoms with Gasteiger partial charge in [-0.15, -0.1) is 11.3 Å². The summed E-state index contributed by atoms with van der Waals surface area (Å²) < 4.78 is 5.34. The molecule has 172 valence electrons. The predicted molar refractivity (Wildman–Crippen MR) is 127 cm³/mol. The van der Waals surface area contributed by atoms with Gasteiger partial charge in [0, 0.05) is 33.6 Å². The first-order valence-corrected chi connectivity index (χ1v) is 12.0. The molecule has 1 aromatic carbocycles. The topological polar surface area (TPSA) is 95.0 Å². The second-order valence-corrected chi connectivity index (χ2v) is 9.60. The number of hydrogen-bond donors (Lipinski definition) is 0. The van der Waals surface area contributed by atoms with Crippen molar-refractivity contribution in [2.75, 3.05) is 6.54 Å². The second kappa shape index (κ2) is 8.58. The van der Waals surface area contributed by atoms with E-state index >= 15 is 0 Å². The van der Waals surface area contributed by atoms with E-state index in [1.807, 2.05) is 23.1 Å². The van der Waals surface area contributed by atoms with Crippen LogP contribution in [0, 0.1) is 0 Å². The Morgan fingerprint density at radius 3 is 2.79 bits per heavy atom. The van der Waals surface area contributed by atoms with E-state index < -0.39 is 5.69 Å². The van der Waals surface area contributed by atoms with Crippen LogP contribution in [0.25, 0.3) is 21.4 Å². The fourth-order valence-electron chi connectivity index (χ4n) is 4.63. The number of benzene rings is 1. The Hall–Kier alpha value is -3.27. The molecule has 4 aromatic rings. The maximum absolute atomic E-state index is 13.2. The maximum Gasteiger partial charge on any atom is 0.332 e. The number of carbonyl (C=O) groups excluding carboxylic acids is 1. The number of para-hydroxylation sites is 1. The number of carbonyl (C=O) groups is 1. The van der Waals surface area contributed by atoms with Crippen LogP contribution in [0.2, 0.25) is 0 Å². The predicted octanol–water partition coefficient (Wildman–Crippen LogP) is 2.58. The number of nitrogens with zero attached hydrogens (tertiary/aromatic N) is 6. The molecule has 1 saturated heterocycles. The summed E-state index contributed by atoms with van der Waals surface area (Å²) in [6.45, 7) is 1.23. The first kappa shape index (κ1) is 21.6.